The number of benzene rings is 2. The molecule has 2 aromatic rings. The van der Waals surface area contributed by atoms with Crippen LogP contribution in [0.25, 0.3) is 0 Å². The van der Waals surface area contributed by atoms with Crippen LogP contribution in [0.4, 0.5) is 5.69 Å². The highest BCUT2D eigenvalue weighted by molar-refractivity contribution is 7.92. The number of sulfonamides is 1. The van der Waals surface area contributed by atoms with E-state index in [1.807, 2.05) is 0 Å². The van der Waals surface area contributed by atoms with E-state index in [4.69, 9.17) is 11.6 Å². The van der Waals surface area contributed by atoms with Gasteiger partial charge in [-0.1, -0.05) is 24.6 Å². The molecule has 0 heterocycles. The zero-order valence-corrected chi connectivity index (χ0v) is 15.0. The van der Waals surface area contributed by atoms with E-state index in [-0.39, 0.29) is 21.2 Å². The van der Waals surface area contributed by atoms with Crippen molar-refractivity contribution in [3.63, 3.8) is 0 Å². The molecule has 0 fully saturated rings. The van der Waals surface area contributed by atoms with Gasteiger partial charge in [-0.3, -0.25) is 4.72 Å². The third-order valence-electron chi connectivity index (χ3n) is 3.35. The van der Waals surface area contributed by atoms with Crippen molar-refractivity contribution in [3.05, 3.63) is 53.1 Å². The minimum atomic E-state index is -3.80. The molecule has 0 aliphatic heterocycles. The minimum Gasteiger partial charge on any atom is -0.280 e. The second-order valence-corrected chi connectivity index (χ2v) is 9.23. The second-order valence-electron chi connectivity index (χ2n) is 4.90. The molecule has 0 aliphatic rings. The molecule has 1 N–H and O–H groups in total. The highest BCUT2D eigenvalue weighted by Gasteiger charge is 2.18. The molecule has 0 spiro atoms. The zero-order valence-electron chi connectivity index (χ0n) is 12.6. The fourth-order valence-electron chi connectivity index (χ4n) is 1.99. The lowest BCUT2D eigenvalue weighted by Gasteiger charge is -2.11. The third kappa shape index (κ3) is 3.85. The van der Waals surface area contributed by atoms with E-state index in [2.05, 4.69) is 4.72 Å². The van der Waals surface area contributed by atoms with E-state index < -0.39 is 19.9 Å². The maximum Gasteiger partial charge on any atom is 0.262 e. The predicted molar refractivity (Wildman–Crippen MR) is 91.2 cm³/mol. The summed E-state index contributed by atoms with van der Waals surface area (Å²) in [5.74, 6) is -0.0141. The second kappa shape index (κ2) is 6.51. The molecule has 23 heavy (non-hydrogen) atoms. The van der Waals surface area contributed by atoms with Gasteiger partial charge in [0, 0.05) is 10.7 Å². The standard InChI is InChI=1S/C15H16ClNO4S2/c1-3-22(18,19)13-9-7-12(8-10-13)17-23(20,21)15-6-4-5-14(16)11(15)2/h4-10,17H,3H2,1-2H3. The van der Waals surface area contributed by atoms with Crippen LogP contribution in [-0.2, 0) is 19.9 Å². The summed E-state index contributed by atoms with van der Waals surface area (Å²) in [4.78, 5) is 0.233. The number of hydrogen-bond donors (Lipinski definition) is 1. The summed E-state index contributed by atoms with van der Waals surface area (Å²) in [6.45, 7) is 3.17. The van der Waals surface area contributed by atoms with Crippen LogP contribution in [-0.4, -0.2) is 22.6 Å². The molecule has 0 amide bonds. The lowest BCUT2D eigenvalue weighted by Crippen LogP contribution is -2.14. The van der Waals surface area contributed by atoms with E-state index in [0.29, 0.717) is 10.6 Å². The average molecular weight is 374 g/mol. The Morgan fingerprint density at radius 2 is 1.61 bits per heavy atom. The molecule has 0 aromatic heterocycles. The lowest BCUT2D eigenvalue weighted by molar-refractivity contribution is 0.597. The molecule has 0 saturated heterocycles. The van der Waals surface area contributed by atoms with Crippen molar-refractivity contribution in [2.24, 2.45) is 0 Å². The van der Waals surface area contributed by atoms with Gasteiger partial charge in [0.05, 0.1) is 15.5 Å². The van der Waals surface area contributed by atoms with Crippen molar-refractivity contribution in [1.29, 1.82) is 0 Å². The molecule has 0 bridgehead atoms. The molecule has 2 rings (SSSR count). The highest BCUT2D eigenvalue weighted by Crippen LogP contribution is 2.25. The number of anilines is 1. The van der Waals surface area contributed by atoms with Gasteiger partial charge >= 0.3 is 0 Å². The molecule has 2 aromatic carbocycles. The van der Waals surface area contributed by atoms with E-state index in [1.54, 1.807) is 26.0 Å². The Balaban J connectivity index is 2.33. The average Bonchev–Trinajstić information content (AvgIpc) is 2.50. The van der Waals surface area contributed by atoms with Crippen LogP contribution < -0.4 is 4.72 Å². The van der Waals surface area contributed by atoms with Crippen molar-refractivity contribution >= 4 is 37.1 Å². The number of sulfone groups is 1. The minimum absolute atomic E-state index is 0.0141. The van der Waals surface area contributed by atoms with E-state index in [9.17, 15) is 16.8 Å². The Hall–Kier alpha value is -1.57. The normalized spacial score (nSPS) is 12.1. The van der Waals surface area contributed by atoms with Crippen LogP contribution in [0.2, 0.25) is 5.02 Å². The molecule has 8 heteroatoms. The van der Waals surface area contributed by atoms with Crippen LogP contribution in [0, 0.1) is 6.92 Å². The fourth-order valence-corrected chi connectivity index (χ4v) is 4.43. The topological polar surface area (TPSA) is 80.3 Å². The van der Waals surface area contributed by atoms with Gasteiger partial charge < -0.3 is 0 Å². The van der Waals surface area contributed by atoms with Gasteiger partial charge in [0.15, 0.2) is 9.84 Å². The van der Waals surface area contributed by atoms with Crippen molar-refractivity contribution < 1.29 is 16.8 Å². The van der Waals surface area contributed by atoms with Gasteiger partial charge in [-0.2, -0.15) is 0 Å². The largest absolute Gasteiger partial charge is 0.280 e. The number of rotatable bonds is 5. The molecule has 124 valence electrons. The number of nitrogens with one attached hydrogen (secondary N) is 1. The quantitative estimate of drug-likeness (QED) is 0.872. The van der Waals surface area contributed by atoms with E-state index >= 15 is 0 Å². The van der Waals surface area contributed by atoms with Crippen molar-refractivity contribution in [2.45, 2.75) is 23.6 Å². The number of halogens is 1. The smallest absolute Gasteiger partial charge is 0.262 e. The van der Waals surface area contributed by atoms with Crippen LogP contribution in [0.1, 0.15) is 12.5 Å². The third-order valence-corrected chi connectivity index (χ3v) is 7.04. The molecule has 0 saturated carbocycles. The first-order valence-electron chi connectivity index (χ1n) is 6.78. The lowest BCUT2D eigenvalue weighted by atomic mass is 10.2. The predicted octanol–water partition coefficient (Wildman–Crippen LogP) is 3.24. The molecule has 0 atom stereocenters. The summed E-state index contributed by atoms with van der Waals surface area (Å²) in [5, 5.41) is 0.359. The zero-order chi connectivity index (χ0) is 17.3. The van der Waals surface area contributed by atoms with Crippen LogP contribution in [0.15, 0.2) is 52.3 Å². The molecule has 5 nitrogen and oxygen atoms in total. The van der Waals surface area contributed by atoms with Crippen molar-refractivity contribution in [2.75, 3.05) is 10.5 Å². The Bertz CT molecular complexity index is 920. The summed E-state index contributed by atoms with van der Waals surface area (Å²) in [6.07, 6.45) is 0. The van der Waals surface area contributed by atoms with Crippen LogP contribution in [0.3, 0.4) is 0 Å². The van der Waals surface area contributed by atoms with Gasteiger partial charge in [-0.25, -0.2) is 16.8 Å². The van der Waals surface area contributed by atoms with Crippen LogP contribution in [0.5, 0.6) is 0 Å². The van der Waals surface area contributed by atoms with Gasteiger partial charge in [0.25, 0.3) is 10.0 Å². The summed E-state index contributed by atoms with van der Waals surface area (Å²) >= 11 is 5.95. The van der Waals surface area contributed by atoms with Gasteiger partial charge in [0.1, 0.15) is 0 Å². The van der Waals surface area contributed by atoms with Gasteiger partial charge in [-0.15, -0.1) is 0 Å². The summed E-state index contributed by atoms with van der Waals surface area (Å²) < 4.78 is 50.8. The maximum atomic E-state index is 12.4. The molecular weight excluding hydrogens is 358 g/mol. The molecule has 0 unspecified atom stereocenters. The molecule has 0 aliphatic carbocycles. The van der Waals surface area contributed by atoms with Gasteiger partial charge in [0.2, 0.25) is 0 Å². The van der Waals surface area contributed by atoms with Crippen LogP contribution >= 0.6 is 11.6 Å². The Kier molecular flexibility index (Phi) is 5.03. The first-order valence-corrected chi connectivity index (χ1v) is 10.3. The first kappa shape index (κ1) is 17.8. The monoisotopic (exact) mass is 373 g/mol. The SMILES string of the molecule is CCS(=O)(=O)c1ccc(NS(=O)(=O)c2cccc(Cl)c2C)cc1. The summed E-state index contributed by atoms with van der Waals surface area (Å²) in [5.41, 5.74) is 0.728. The van der Waals surface area contributed by atoms with Gasteiger partial charge in [-0.05, 0) is 48.9 Å². The Morgan fingerprint density at radius 3 is 2.17 bits per heavy atom. The van der Waals surface area contributed by atoms with E-state index in [1.165, 1.54) is 30.3 Å². The number of hydrogen-bond acceptors (Lipinski definition) is 4. The Labute approximate surface area is 141 Å². The van der Waals surface area contributed by atoms with E-state index in [0.717, 1.165) is 0 Å². The summed E-state index contributed by atoms with van der Waals surface area (Å²) in [7, 11) is -7.12. The Morgan fingerprint density at radius 1 is 1.00 bits per heavy atom. The molecule has 0 radical (unpaired) electrons. The maximum absolute atomic E-state index is 12.4. The first-order chi connectivity index (χ1) is 10.7. The summed E-state index contributed by atoms with van der Waals surface area (Å²) in [6, 6.07) is 10.2. The molecular formula is C15H16ClNO4S2. The van der Waals surface area contributed by atoms with Crippen molar-refractivity contribution in [1.82, 2.24) is 0 Å². The fraction of sp³-hybridized carbons (Fsp3) is 0.200. The highest BCUT2D eigenvalue weighted by atomic mass is 35.5. The van der Waals surface area contributed by atoms with Crippen molar-refractivity contribution in [3.8, 4) is 0 Å².